The number of hydrogen-bond acceptors (Lipinski definition) is 7. The molecule has 11 nitrogen and oxygen atoms in total. The molecule has 0 bridgehead atoms. The zero-order valence-corrected chi connectivity index (χ0v) is 17.1. The molecule has 1 aromatic carbocycles. The lowest BCUT2D eigenvalue weighted by atomic mass is 10.1. The molecule has 0 radical (unpaired) electrons. The summed E-state index contributed by atoms with van der Waals surface area (Å²) >= 11 is 0. The molecule has 31 heavy (non-hydrogen) atoms. The smallest absolute Gasteiger partial charge is 0.368 e. The van der Waals surface area contributed by atoms with Crippen LogP contribution in [-0.2, 0) is 13.7 Å². The van der Waals surface area contributed by atoms with Crippen LogP contribution in [-0.4, -0.2) is 41.7 Å². The third-order valence-corrected chi connectivity index (χ3v) is 4.64. The van der Waals surface area contributed by atoms with Crippen molar-refractivity contribution in [1.82, 2.24) is 34.6 Å². The Kier molecular flexibility index (Phi) is 5.19. The van der Waals surface area contributed by atoms with Gasteiger partial charge in [-0.15, -0.1) is 5.10 Å². The number of benzene rings is 1. The lowest BCUT2D eigenvalue weighted by molar-refractivity contribution is 0.290. The van der Waals surface area contributed by atoms with Crippen LogP contribution in [0.2, 0.25) is 0 Å². The molecule has 3 aromatic heterocycles. The summed E-state index contributed by atoms with van der Waals surface area (Å²) in [5, 5.41) is 12.1. The summed E-state index contributed by atoms with van der Waals surface area (Å²) in [5.74, 6) is 0.888. The van der Waals surface area contributed by atoms with Gasteiger partial charge in [0.1, 0.15) is 6.61 Å². The molecule has 0 unspecified atom stereocenters. The Labute approximate surface area is 176 Å². The van der Waals surface area contributed by atoms with Crippen molar-refractivity contribution >= 4 is 5.82 Å². The van der Waals surface area contributed by atoms with E-state index in [1.165, 1.54) is 18.8 Å². The molecule has 0 saturated heterocycles. The van der Waals surface area contributed by atoms with Gasteiger partial charge in [0.25, 0.3) is 5.82 Å². The van der Waals surface area contributed by atoms with Crippen LogP contribution in [0.4, 0.5) is 5.82 Å². The van der Waals surface area contributed by atoms with Crippen molar-refractivity contribution < 1.29 is 9.47 Å². The predicted molar refractivity (Wildman–Crippen MR) is 110 cm³/mol. The third kappa shape index (κ3) is 3.74. The predicted octanol–water partition coefficient (Wildman–Crippen LogP) is 1.99. The molecule has 0 saturated carbocycles. The van der Waals surface area contributed by atoms with Gasteiger partial charge in [0, 0.05) is 24.9 Å². The van der Waals surface area contributed by atoms with E-state index < -0.39 is 0 Å². The first-order chi connectivity index (χ1) is 15.0. The van der Waals surface area contributed by atoms with Gasteiger partial charge in [0.05, 0.1) is 12.8 Å². The lowest BCUT2D eigenvalue weighted by Crippen LogP contribution is -2.23. The summed E-state index contributed by atoms with van der Waals surface area (Å²) in [5.41, 5.74) is 2.56. The molecule has 0 aliphatic carbocycles. The summed E-state index contributed by atoms with van der Waals surface area (Å²) in [6.45, 7) is 9.18. The number of aromatic nitrogens is 7. The number of ether oxygens (including phenoxy) is 2. The summed E-state index contributed by atoms with van der Waals surface area (Å²) in [6, 6.07) is 10.6. The van der Waals surface area contributed by atoms with E-state index in [1.807, 2.05) is 19.1 Å². The zero-order chi connectivity index (χ0) is 22.0. The Morgan fingerprint density at radius 3 is 2.68 bits per heavy atom. The molecule has 0 aliphatic heterocycles. The van der Waals surface area contributed by atoms with Gasteiger partial charge >= 0.3 is 11.6 Å². The molecule has 3 heterocycles. The second-order valence-electron chi connectivity index (χ2n) is 6.57. The van der Waals surface area contributed by atoms with Crippen molar-refractivity contribution in [3.63, 3.8) is 0 Å². The molecule has 0 aliphatic rings. The maximum Gasteiger partial charge on any atom is 0.368 e. The fourth-order valence-electron chi connectivity index (χ4n) is 3.01. The Hall–Kier alpha value is -4.46. The van der Waals surface area contributed by atoms with Crippen LogP contribution in [0.5, 0.6) is 11.8 Å². The molecule has 0 spiro atoms. The van der Waals surface area contributed by atoms with Crippen molar-refractivity contribution in [2.45, 2.75) is 13.5 Å². The van der Waals surface area contributed by atoms with Crippen molar-refractivity contribution in [2.24, 2.45) is 7.05 Å². The van der Waals surface area contributed by atoms with Crippen LogP contribution in [0.3, 0.4) is 0 Å². The van der Waals surface area contributed by atoms with E-state index in [9.17, 15) is 4.79 Å². The first kappa shape index (κ1) is 19.8. The number of tetrazole rings is 1. The summed E-state index contributed by atoms with van der Waals surface area (Å²) in [6.07, 6.45) is 1.71. The molecule has 156 valence electrons. The number of aryl methyl sites for hydroxylation is 2. The Morgan fingerprint density at radius 2 is 1.97 bits per heavy atom. The SMILES string of the molecule is [C-]#[N+]c1ccc(-n2ccc(OCc3c(C)cccc3-n3nnn(C)c3=O)n2)c(OC)n1. The molecule has 11 heteroatoms. The maximum absolute atomic E-state index is 12.3. The first-order valence-corrected chi connectivity index (χ1v) is 9.21. The van der Waals surface area contributed by atoms with E-state index in [-0.39, 0.29) is 24.0 Å². The lowest BCUT2D eigenvalue weighted by Gasteiger charge is -2.11. The van der Waals surface area contributed by atoms with Crippen molar-refractivity contribution in [3.8, 4) is 23.1 Å². The van der Waals surface area contributed by atoms with Crippen LogP contribution in [0.15, 0.2) is 47.4 Å². The molecule has 0 atom stereocenters. The topological polar surface area (TPSA) is 106 Å². The largest absolute Gasteiger partial charge is 0.472 e. The molecular formula is C20H18N8O3. The zero-order valence-electron chi connectivity index (χ0n) is 17.1. The van der Waals surface area contributed by atoms with Gasteiger partial charge in [-0.2, -0.15) is 9.36 Å². The van der Waals surface area contributed by atoms with Gasteiger partial charge < -0.3 is 14.3 Å². The van der Waals surface area contributed by atoms with E-state index >= 15 is 0 Å². The number of pyridine rings is 1. The maximum atomic E-state index is 12.3. The highest BCUT2D eigenvalue weighted by Gasteiger charge is 2.16. The highest BCUT2D eigenvalue weighted by Crippen LogP contribution is 2.25. The Balaban J connectivity index is 1.60. The van der Waals surface area contributed by atoms with Crippen molar-refractivity contribution in [3.05, 3.63) is 75.6 Å². The van der Waals surface area contributed by atoms with E-state index in [2.05, 4.69) is 25.4 Å². The van der Waals surface area contributed by atoms with Gasteiger partial charge in [-0.25, -0.2) is 9.48 Å². The second-order valence-corrected chi connectivity index (χ2v) is 6.57. The third-order valence-electron chi connectivity index (χ3n) is 4.64. The second kappa shape index (κ2) is 8.11. The van der Waals surface area contributed by atoms with Crippen LogP contribution in [0, 0.1) is 13.5 Å². The number of rotatable bonds is 6. The quantitative estimate of drug-likeness (QED) is 0.441. The van der Waals surface area contributed by atoms with E-state index in [1.54, 1.807) is 35.1 Å². The van der Waals surface area contributed by atoms with Crippen LogP contribution in [0.1, 0.15) is 11.1 Å². The van der Waals surface area contributed by atoms with Gasteiger partial charge in [-0.3, -0.25) is 0 Å². The standard InChI is InChI=1S/C20H18N8O3/c1-13-6-5-7-15(28-20(29)26(3)24-25-28)14(13)12-31-18-10-11-27(23-18)16-8-9-17(21-2)22-19(16)30-4/h5-11H,12H2,1,3-4H3. The molecule has 0 fully saturated rings. The fraction of sp³-hybridized carbons (Fsp3) is 0.200. The molecule has 4 aromatic rings. The van der Waals surface area contributed by atoms with Crippen LogP contribution in [0.25, 0.3) is 16.2 Å². The Morgan fingerprint density at radius 1 is 1.13 bits per heavy atom. The summed E-state index contributed by atoms with van der Waals surface area (Å²) in [4.78, 5) is 19.7. The van der Waals surface area contributed by atoms with Gasteiger partial charge in [-0.05, 0) is 41.1 Å². The molecule has 0 N–H and O–H groups in total. The number of methoxy groups -OCH3 is 1. The van der Waals surface area contributed by atoms with Crippen molar-refractivity contribution in [1.29, 1.82) is 0 Å². The molecule has 0 amide bonds. The number of hydrogen-bond donors (Lipinski definition) is 0. The van der Waals surface area contributed by atoms with E-state index in [0.29, 0.717) is 17.3 Å². The first-order valence-electron chi connectivity index (χ1n) is 9.21. The van der Waals surface area contributed by atoms with Gasteiger partial charge in [0.2, 0.25) is 5.88 Å². The summed E-state index contributed by atoms with van der Waals surface area (Å²) < 4.78 is 15.1. The molecule has 4 rings (SSSR count). The molecular weight excluding hydrogens is 400 g/mol. The van der Waals surface area contributed by atoms with Crippen LogP contribution < -0.4 is 15.2 Å². The highest BCUT2D eigenvalue weighted by atomic mass is 16.5. The minimum Gasteiger partial charge on any atom is -0.472 e. The highest BCUT2D eigenvalue weighted by molar-refractivity contribution is 5.49. The fourth-order valence-corrected chi connectivity index (χ4v) is 3.01. The van der Waals surface area contributed by atoms with Gasteiger partial charge in [-0.1, -0.05) is 23.7 Å². The van der Waals surface area contributed by atoms with E-state index in [0.717, 1.165) is 15.8 Å². The van der Waals surface area contributed by atoms with Crippen molar-refractivity contribution in [2.75, 3.05) is 7.11 Å². The monoisotopic (exact) mass is 418 g/mol. The minimum absolute atomic E-state index is 0.175. The van der Waals surface area contributed by atoms with E-state index in [4.69, 9.17) is 16.0 Å². The minimum atomic E-state index is -0.349. The summed E-state index contributed by atoms with van der Waals surface area (Å²) in [7, 11) is 3.02. The Bertz CT molecular complexity index is 1350. The average molecular weight is 418 g/mol. The van der Waals surface area contributed by atoms with Gasteiger partial charge in [0.15, 0.2) is 5.69 Å². The normalized spacial score (nSPS) is 10.6. The van der Waals surface area contributed by atoms with Crippen LogP contribution >= 0.6 is 0 Å². The average Bonchev–Trinajstić information content (AvgIpc) is 3.39. The number of nitrogens with zero attached hydrogens (tertiary/aromatic N) is 8.